The molecule has 6 heteroatoms. The molecule has 0 unspecified atom stereocenters. The van der Waals surface area contributed by atoms with Crippen LogP contribution in [0.15, 0.2) is 18.2 Å². The van der Waals surface area contributed by atoms with Gasteiger partial charge in [0.05, 0.1) is 12.5 Å². The number of nitrogens with zero attached hydrogens (tertiary/aromatic N) is 2. The summed E-state index contributed by atoms with van der Waals surface area (Å²) in [4.78, 5) is 30.0. The van der Waals surface area contributed by atoms with Gasteiger partial charge in [0.1, 0.15) is 5.75 Å². The Bertz CT molecular complexity index is 800. The molecule has 1 spiro atoms. The lowest BCUT2D eigenvalue weighted by Gasteiger charge is -2.42. The van der Waals surface area contributed by atoms with Crippen LogP contribution in [0, 0.1) is 11.8 Å². The zero-order valence-electron chi connectivity index (χ0n) is 16.6. The molecule has 1 N–H and O–H groups in total. The third kappa shape index (κ3) is 2.81. The Balaban J connectivity index is 1.27. The molecule has 4 aliphatic heterocycles. The maximum atomic E-state index is 13.0. The molecule has 0 radical (unpaired) electrons. The highest BCUT2D eigenvalue weighted by Gasteiger charge is 2.57. The Morgan fingerprint density at radius 3 is 2.89 bits per heavy atom. The van der Waals surface area contributed by atoms with Crippen molar-refractivity contribution in [3.05, 3.63) is 29.3 Å². The van der Waals surface area contributed by atoms with Crippen LogP contribution in [0.2, 0.25) is 0 Å². The lowest BCUT2D eigenvalue weighted by molar-refractivity contribution is -0.123. The number of amides is 2. The Labute approximate surface area is 166 Å². The van der Waals surface area contributed by atoms with Crippen molar-refractivity contribution >= 4 is 11.8 Å². The smallest absolute Gasteiger partial charge is 0.253 e. The van der Waals surface area contributed by atoms with E-state index in [-0.39, 0.29) is 23.3 Å². The summed E-state index contributed by atoms with van der Waals surface area (Å²) in [6, 6.07) is 5.79. The lowest BCUT2D eigenvalue weighted by atomic mass is 9.75. The van der Waals surface area contributed by atoms with E-state index in [1.54, 1.807) is 0 Å². The number of fused-ring (bicyclic) bond motifs is 3. The van der Waals surface area contributed by atoms with Gasteiger partial charge in [-0.05, 0) is 49.6 Å². The molecule has 5 rings (SSSR count). The quantitative estimate of drug-likeness (QED) is 0.863. The number of nitrogens with one attached hydrogen (secondary N) is 1. The van der Waals surface area contributed by atoms with Gasteiger partial charge in [-0.3, -0.25) is 9.59 Å². The van der Waals surface area contributed by atoms with E-state index in [9.17, 15) is 9.59 Å². The number of piperidine rings is 1. The second-order valence-electron chi connectivity index (χ2n) is 8.83. The van der Waals surface area contributed by atoms with E-state index in [4.69, 9.17) is 4.74 Å². The first-order valence-corrected chi connectivity index (χ1v) is 10.7. The molecule has 3 fully saturated rings. The Morgan fingerprint density at radius 1 is 1.29 bits per heavy atom. The van der Waals surface area contributed by atoms with Gasteiger partial charge in [0.25, 0.3) is 5.91 Å². The number of hydrogen-bond donors (Lipinski definition) is 1. The van der Waals surface area contributed by atoms with Crippen LogP contribution in [0.25, 0.3) is 0 Å². The summed E-state index contributed by atoms with van der Waals surface area (Å²) in [7, 11) is 0. The first kappa shape index (κ1) is 18.0. The van der Waals surface area contributed by atoms with E-state index in [2.05, 4.69) is 17.1 Å². The standard InChI is InChI=1S/C22H29N3O3/c1-2-8-24-13-17-18(14-24)22(23-20(17)26)6-9-25(10-7-22)21(27)16-3-4-19-15(12-16)5-11-28-19/h3-4,12,17-18H,2,5-11,13-14H2,1H3,(H,23,26)/t17-,18+/m1/s1. The predicted molar refractivity (Wildman–Crippen MR) is 105 cm³/mol. The first-order valence-electron chi connectivity index (χ1n) is 10.7. The molecule has 1 aromatic carbocycles. The largest absolute Gasteiger partial charge is 0.493 e. The maximum Gasteiger partial charge on any atom is 0.253 e. The van der Waals surface area contributed by atoms with Crippen molar-refractivity contribution < 1.29 is 14.3 Å². The molecule has 0 aliphatic carbocycles. The molecule has 1 aromatic rings. The van der Waals surface area contributed by atoms with Gasteiger partial charge < -0.3 is 19.9 Å². The molecule has 0 saturated carbocycles. The van der Waals surface area contributed by atoms with E-state index >= 15 is 0 Å². The van der Waals surface area contributed by atoms with Gasteiger partial charge in [0, 0.05) is 49.6 Å². The number of rotatable bonds is 3. The van der Waals surface area contributed by atoms with Gasteiger partial charge in [-0.2, -0.15) is 0 Å². The van der Waals surface area contributed by atoms with Crippen LogP contribution in [0.3, 0.4) is 0 Å². The highest BCUT2D eigenvalue weighted by molar-refractivity contribution is 5.95. The Hall–Kier alpha value is -2.08. The number of ether oxygens (including phenoxy) is 1. The summed E-state index contributed by atoms with van der Waals surface area (Å²) in [5.74, 6) is 1.75. The van der Waals surface area contributed by atoms with Gasteiger partial charge in [0.2, 0.25) is 5.91 Å². The first-order chi connectivity index (χ1) is 13.6. The van der Waals surface area contributed by atoms with Gasteiger partial charge >= 0.3 is 0 Å². The van der Waals surface area contributed by atoms with E-state index < -0.39 is 0 Å². The van der Waals surface area contributed by atoms with E-state index in [1.807, 2.05) is 23.1 Å². The highest BCUT2D eigenvalue weighted by Crippen LogP contribution is 2.44. The normalized spacial score (nSPS) is 28.2. The minimum absolute atomic E-state index is 0.101. The molecular formula is C22H29N3O3. The Morgan fingerprint density at radius 2 is 2.11 bits per heavy atom. The molecule has 28 heavy (non-hydrogen) atoms. The second-order valence-corrected chi connectivity index (χ2v) is 8.83. The van der Waals surface area contributed by atoms with Crippen LogP contribution in [0.1, 0.15) is 42.1 Å². The zero-order valence-corrected chi connectivity index (χ0v) is 16.6. The van der Waals surface area contributed by atoms with Gasteiger partial charge in [-0.25, -0.2) is 0 Å². The summed E-state index contributed by atoms with van der Waals surface area (Å²) in [5, 5.41) is 3.35. The molecule has 0 aromatic heterocycles. The van der Waals surface area contributed by atoms with E-state index in [0.29, 0.717) is 25.6 Å². The SMILES string of the molecule is CCCN1C[C@H]2C(=O)NC3(CCN(C(=O)c4ccc5c(c4)CCO5)CC3)[C@H]2C1. The predicted octanol–water partition coefficient (Wildman–Crippen LogP) is 1.68. The van der Waals surface area contributed by atoms with Crippen LogP contribution in [-0.2, 0) is 11.2 Å². The van der Waals surface area contributed by atoms with Crippen molar-refractivity contribution in [1.29, 1.82) is 0 Å². The van der Waals surface area contributed by atoms with Crippen LogP contribution in [0.5, 0.6) is 5.75 Å². The monoisotopic (exact) mass is 383 g/mol. The van der Waals surface area contributed by atoms with Crippen LogP contribution >= 0.6 is 0 Å². The molecule has 3 saturated heterocycles. The maximum absolute atomic E-state index is 13.0. The fraction of sp³-hybridized carbons (Fsp3) is 0.636. The summed E-state index contributed by atoms with van der Waals surface area (Å²) in [6.07, 6.45) is 3.73. The highest BCUT2D eigenvalue weighted by atomic mass is 16.5. The molecule has 6 nitrogen and oxygen atoms in total. The fourth-order valence-electron chi connectivity index (χ4n) is 5.75. The van der Waals surface area contributed by atoms with Crippen LogP contribution < -0.4 is 10.1 Å². The average molecular weight is 383 g/mol. The van der Waals surface area contributed by atoms with Gasteiger partial charge in [-0.1, -0.05) is 6.92 Å². The summed E-state index contributed by atoms with van der Waals surface area (Å²) < 4.78 is 5.55. The van der Waals surface area contributed by atoms with Crippen molar-refractivity contribution in [1.82, 2.24) is 15.1 Å². The zero-order chi connectivity index (χ0) is 19.3. The molecule has 4 aliphatic rings. The van der Waals surface area contributed by atoms with Gasteiger partial charge in [-0.15, -0.1) is 0 Å². The number of carbonyl (C=O) groups is 2. The van der Waals surface area contributed by atoms with Crippen molar-refractivity contribution in [3.63, 3.8) is 0 Å². The lowest BCUT2D eigenvalue weighted by Crippen LogP contribution is -2.56. The Kier molecular flexibility index (Phi) is 4.34. The van der Waals surface area contributed by atoms with E-state index in [0.717, 1.165) is 62.2 Å². The topological polar surface area (TPSA) is 61.9 Å². The van der Waals surface area contributed by atoms with Crippen molar-refractivity contribution in [2.24, 2.45) is 11.8 Å². The average Bonchev–Trinajstić information content (AvgIpc) is 3.39. The third-order valence-corrected chi connectivity index (χ3v) is 7.23. The minimum atomic E-state index is -0.118. The number of likely N-dealkylation sites (tertiary alicyclic amines) is 2. The van der Waals surface area contributed by atoms with Crippen LogP contribution in [0.4, 0.5) is 0 Å². The number of carbonyl (C=O) groups excluding carboxylic acids is 2. The second kappa shape index (κ2) is 6.76. The summed E-state index contributed by atoms with van der Waals surface area (Å²) >= 11 is 0. The third-order valence-electron chi connectivity index (χ3n) is 7.23. The molecule has 150 valence electrons. The van der Waals surface area contributed by atoms with Crippen molar-refractivity contribution in [3.8, 4) is 5.75 Å². The van der Waals surface area contributed by atoms with E-state index in [1.165, 1.54) is 0 Å². The summed E-state index contributed by atoms with van der Waals surface area (Å²) in [5.41, 5.74) is 1.77. The summed E-state index contributed by atoms with van der Waals surface area (Å²) in [6.45, 7) is 7.30. The molecule has 2 amide bonds. The van der Waals surface area contributed by atoms with Crippen molar-refractivity contribution in [2.75, 3.05) is 39.3 Å². The van der Waals surface area contributed by atoms with Crippen LogP contribution in [-0.4, -0.2) is 66.5 Å². The molecular weight excluding hydrogens is 354 g/mol. The fourth-order valence-corrected chi connectivity index (χ4v) is 5.75. The van der Waals surface area contributed by atoms with Crippen molar-refractivity contribution in [2.45, 2.75) is 38.1 Å². The minimum Gasteiger partial charge on any atom is -0.493 e. The molecule has 0 bridgehead atoms. The van der Waals surface area contributed by atoms with Gasteiger partial charge in [0.15, 0.2) is 0 Å². The molecule has 2 atom stereocenters. The molecule has 4 heterocycles. The number of hydrogen-bond acceptors (Lipinski definition) is 4. The number of benzene rings is 1.